The predicted octanol–water partition coefficient (Wildman–Crippen LogP) is 0.989. The molecule has 1 heterocycles. The number of rotatable bonds is 2. The topological polar surface area (TPSA) is 56.0 Å². The average Bonchev–Trinajstić information content (AvgIpc) is 2.03. The van der Waals surface area contributed by atoms with Gasteiger partial charge >= 0.3 is 0 Å². The van der Waals surface area contributed by atoms with Crippen LogP contribution in [0.4, 0.5) is 0 Å². The summed E-state index contributed by atoms with van der Waals surface area (Å²) in [6.07, 6.45) is 6.26. The van der Waals surface area contributed by atoms with Crippen molar-refractivity contribution in [3.05, 3.63) is 30.1 Å². The second kappa shape index (κ2) is 2.83. The highest BCUT2D eigenvalue weighted by Crippen LogP contribution is 2.43. The molecule has 0 unspecified atom stereocenters. The second-order valence-corrected chi connectivity index (χ2v) is 3.54. The van der Waals surface area contributed by atoms with Crippen molar-refractivity contribution in [1.82, 2.24) is 4.98 Å². The van der Waals surface area contributed by atoms with Gasteiger partial charge in [0.2, 0.25) is 5.91 Å². The minimum absolute atomic E-state index is 0.204. The van der Waals surface area contributed by atoms with Gasteiger partial charge in [0.25, 0.3) is 0 Å². The Bertz CT molecular complexity index is 317. The molecule has 0 saturated heterocycles. The van der Waals surface area contributed by atoms with Gasteiger partial charge in [-0.1, -0.05) is 6.42 Å². The van der Waals surface area contributed by atoms with Crippen molar-refractivity contribution >= 4 is 5.91 Å². The summed E-state index contributed by atoms with van der Waals surface area (Å²) in [6.45, 7) is 0. The molecule has 1 aliphatic carbocycles. The van der Waals surface area contributed by atoms with Crippen LogP contribution >= 0.6 is 0 Å². The van der Waals surface area contributed by atoms with Gasteiger partial charge in [-0.05, 0) is 30.5 Å². The van der Waals surface area contributed by atoms with Gasteiger partial charge in [0.15, 0.2) is 0 Å². The van der Waals surface area contributed by atoms with E-state index >= 15 is 0 Å². The fraction of sp³-hybridized carbons (Fsp3) is 0.400. The number of hydrogen-bond donors (Lipinski definition) is 1. The van der Waals surface area contributed by atoms with E-state index in [1.54, 1.807) is 12.4 Å². The Labute approximate surface area is 77.0 Å². The molecule has 0 aliphatic heterocycles. The average molecular weight is 176 g/mol. The first-order valence-electron chi connectivity index (χ1n) is 4.46. The van der Waals surface area contributed by atoms with Crippen molar-refractivity contribution in [2.24, 2.45) is 5.73 Å². The molecule has 1 aromatic rings. The third kappa shape index (κ3) is 1.11. The molecule has 0 spiro atoms. The lowest BCUT2D eigenvalue weighted by Crippen LogP contribution is -2.46. The Morgan fingerprint density at radius 3 is 2.38 bits per heavy atom. The number of carbonyl (C=O) groups excluding carboxylic acids is 1. The molecule has 1 aromatic heterocycles. The minimum Gasteiger partial charge on any atom is -0.369 e. The van der Waals surface area contributed by atoms with E-state index in [1.807, 2.05) is 12.1 Å². The SMILES string of the molecule is NC(=O)C1(c2ccncc2)CCC1. The number of nitrogens with two attached hydrogens (primary N) is 1. The van der Waals surface area contributed by atoms with Gasteiger partial charge in [0.05, 0.1) is 5.41 Å². The number of nitrogens with zero attached hydrogens (tertiary/aromatic N) is 1. The molecule has 13 heavy (non-hydrogen) atoms. The molecule has 0 atom stereocenters. The fourth-order valence-corrected chi connectivity index (χ4v) is 1.88. The highest BCUT2D eigenvalue weighted by molar-refractivity contribution is 5.87. The monoisotopic (exact) mass is 176 g/mol. The van der Waals surface area contributed by atoms with Crippen LogP contribution in [-0.4, -0.2) is 10.9 Å². The minimum atomic E-state index is -0.386. The van der Waals surface area contributed by atoms with E-state index < -0.39 is 0 Å². The van der Waals surface area contributed by atoms with E-state index in [0.29, 0.717) is 0 Å². The van der Waals surface area contributed by atoms with E-state index in [-0.39, 0.29) is 11.3 Å². The summed E-state index contributed by atoms with van der Waals surface area (Å²) < 4.78 is 0. The molecule has 68 valence electrons. The Morgan fingerprint density at radius 1 is 1.38 bits per heavy atom. The van der Waals surface area contributed by atoms with Gasteiger partial charge in [-0.3, -0.25) is 9.78 Å². The number of hydrogen-bond acceptors (Lipinski definition) is 2. The molecule has 1 amide bonds. The molecule has 1 aliphatic rings. The highest BCUT2D eigenvalue weighted by atomic mass is 16.1. The summed E-state index contributed by atoms with van der Waals surface area (Å²) in [5.74, 6) is -0.204. The number of carbonyl (C=O) groups is 1. The summed E-state index contributed by atoms with van der Waals surface area (Å²) >= 11 is 0. The van der Waals surface area contributed by atoms with Crippen molar-refractivity contribution in [3.63, 3.8) is 0 Å². The van der Waals surface area contributed by atoms with Crippen LogP contribution < -0.4 is 5.73 Å². The molecule has 0 bridgehead atoms. The smallest absolute Gasteiger partial charge is 0.228 e. The maximum Gasteiger partial charge on any atom is 0.228 e. The molecular weight excluding hydrogens is 164 g/mol. The third-order valence-electron chi connectivity index (χ3n) is 2.91. The third-order valence-corrected chi connectivity index (χ3v) is 2.91. The van der Waals surface area contributed by atoms with Gasteiger partial charge in [0, 0.05) is 12.4 Å². The van der Waals surface area contributed by atoms with Crippen LogP contribution in [0.1, 0.15) is 24.8 Å². The van der Waals surface area contributed by atoms with Crippen molar-refractivity contribution in [3.8, 4) is 0 Å². The van der Waals surface area contributed by atoms with Gasteiger partial charge in [-0.15, -0.1) is 0 Å². The molecule has 0 aromatic carbocycles. The lowest BCUT2D eigenvalue weighted by molar-refractivity contribution is -0.126. The number of amides is 1. The van der Waals surface area contributed by atoms with Crippen LogP contribution in [0.25, 0.3) is 0 Å². The summed E-state index contributed by atoms with van der Waals surface area (Å²) in [5, 5.41) is 0. The Morgan fingerprint density at radius 2 is 2.00 bits per heavy atom. The zero-order valence-electron chi connectivity index (χ0n) is 7.36. The molecule has 3 heteroatoms. The van der Waals surface area contributed by atoms with Gasteiger partial charge in [0.1, 0.15) is 0 Å². The zero-order valence-corrected chi connectivity index (χ0v) is 7.36. The fourth-order valence-electron chi connectivity index (χ4n) is 1.88. The van der Waals surface area contributed by atoms with Gasteiger partial charge in [-0.2, -0.15) is 0 Å². The lowest BCUT2D eigenvalue weighted by atomic mass is 9.64. The summed E-state index contributed by atoms with van der Waals surface area (Å²) in [7, 11) is 0. The largest absolute Gasteiger partial charge is 0.369 e. The first-order valence-corrected chi connectivity index (χ1v) is 4.46. The molecule has 1 saturated carbocycles. The number of aromatic nitrogens is 1. The number of primary amides is 1. The quantitative estimate of drug-likeness (QED) is 0.730. The van der Waals surface area contributed by atoms with E-state index in [2.05, 4.69) is 4.98 Å². The molecule has 0 radical (unpaired) electrons. The Hall–Kier alpha value is -1.38. The predicted molar refractivity (Wildman–Crippen MR) is 49.0 cm³/mol. The van der Waals surface area contributed by atoms with E-state index in [9.17, 15) is 4.79 Å². The first-order chi connectivity index (χ1) is 6.26. The van der Waals surface area contributed by atoms with E-state index in [1.165, 1.54) is 0 Å². The van der Waals surface area contributed by atoms with Crippen molar-refractivity contribution < 1.29 is 4.79 Å². The van der Waals surface area contributed by atoms with Crippen molar-refractivity contribution in [2.75, 3.05) is 0 Å². The van der Waals surface area contributed by atoms with Crippen LogP contribution in [0, 0.1) is 0 Å². The summed E-state index contributed by atoms with van der Waals surface area (Å²) in [4.78, 5) is 15.2. The van der Waals surface area contributed by atoms with Crippen LogP contribution in [0.5, 0.6) is 0 Å². The standard InChI is InChI=1S/C10H12N2O/c11-9(13)10(4-1-5-10)8-2-6-12-7-3-8/h2-3,6-7H,1,4-5H2,(H2,11,13). The van der Waals surface area contributed by atoms with Crippen molar-refractivity contribution in [2.45, 2.75) is 24.7 Å². The highest BCUT2D eigenvalue weighted by Gasteiger charge is 2.43. The van der Waals surface area contributed by atoms with E-state index in [4.69, 9.17) is 5.73 Å². The summed E-state index contributed by atoms with van der Waals surface area (Å²) in [6, 6.07) is 3.76. The van der Waals surface area contributed by atoms with Gasteiger partial charge in [-0.25, -0.2) is 0 Å². The molecular formula is C10H12N2O. The van der Waals surface area contributed by atoms with Crippen LogP contribution in [-0.2, 0) is 10.2 Å². The van der Waals surface area contributed by atoms with Gasteiger partial charge < -0.3 is 5.73 Å². The normalized spacial score (nSPS) is 19.1. The maximum atomic E-state index is 11.3. The van der Waals surface area contributed by atoms with Crippen LogP contribution in [0.2, 0.25) is 0 Å². The number of pyridine rings is 1. The van der Waals surface area contributed by atoms with Crippen LogP contribution in [0.15, 0.2) is 24.5 Å². The molecule has 2 rings (SSSR count). The van der Waals surface area contributed by atoms with E-state index in [0.717, 1.165) is 24.8 Å². The maximum absolute atomic E-state index is 11.3. The lowest BCUT2D eigenvalue weighted by Gasteiger charge is -2.39. The second-order valence-electron chi connectivity index (χ2n) is 3.54. The zero-order chi connectivity index (χ0) is 9.31. The summed E-state index contributed by atoms with van der Waals surface area (Å²) in [5.41, 5.74) is 6.03. The Balaban J connectivity index is 2.38. The van der Waals surface area contributed by atoms with Crippen molar-refractivity contribution in [1.29, 1.82) is 0 Å². The molecule has 3 nitrogen and oxygen atoms in total. The first kappa shape index (κ1) is 8.23. The molecule has 2 N–H and O–H groups in total. The Kier molecular flexibility index (Phi) is 1.79. The molecule has 1 fully saturated rings. The van der Waals surface area contributed by atoms with Crippen LogP contribution in [0.3, 0.4) is 0 Å².